The summed E-state index contributed by atoms with van der Waals surface area (Å²) in [5.74, 6) is -0.769. The van der Waals surface area contributed by atoms with Crippen LogP contribution in [-0.4, -0.2) is 70.7 Å². The number of benzene rings is 4. The highest BCUT2D eigenvalue weighted by atomic mass is 16.7. The van der Waals surface area contributed by atoms with E-state index in [-0.39, 0.29) is 31.1 Å². The van der Waals surface area contributed by atoms with E-state index in [4.69, 9.17) is 14.6 Å². The van der Waals surface area contributed by atoms with Gasteiger partial charge in [-0.3, -0.25) is 19.4 Å². The third-order valence-corrected chi connectivity index (χ3v) is 10.3. The molecule has 0 aliphatic carbocycles. The van der Waals surface area contributed by atoms with Crippen LogP contribution >= 0.6 is 0 Å². The number of rotatable bonds is 17. The second-order valence-electron chi connectivity index (χ2n) is 14.3. The summed E-state index contributed by atoms with van der Waals surface area (Å²) in [4.78, 5) is 28.3. The van der Waals surface area contributed by atoms with Crippen molar-refractivity contribution in [3.63, 3.8) is 0 Å². The predicted molar refractivity (Wildman–Crippen MR) is 206 cm³/mol. The summed E-state index contributed by atoms with van der Waals surface area (Å²) >= 11 is 0. The van der Waals surface area contributed by atoms with Crippen LogP contribution in [-0.2, 0) is 38.8 Å². The Morgan fingerprint density at radius 3 is 2.08 bits per heavy atom. The van der Waals surface area contributed by atoms with Gasteiger partial charge in [-0.1, -0.05) is 116 Å². The van der Waals surface area contributed by atoms with E-state index < -0.39 is 12.3 Å². The number of carbonyl (C=O) groups excluding carboxylic acids is 1. The fourth-order valence-corrected chi connectivity index (χ4v) is 7.27. The minimum absolute atomic E-state index is 0.00385. The van der Waals surface area contributed by atoms with Crippen molar-refractivity contribution in [3.05, 3.63) is 131 Å². The number of amides is 1. The summed E-state index contributed by atoms with van der Waals surface area (Å²) in [6.45, 7) is 6.30. The number of aliphatic hydroxyl groups is 1. The van der Waals surface area contributed by atoms with E-state index in [2.05, 4.69) is 87.9 Å². The number of piperazine rings is 1. The van der Waals surface area contributed by atoms with E-state index >= 15 is 0 Å². The molecular weight excluding hydrogens is 666 g/mol. The second-order valence-corrected chi connectivity index (χ2v) is 14.3. The van der Waals surface area contributed by atoms with Crippen molar-refractivity contribution in [1.82, 2.24) is 15.1 Å². The maximum atomic E-state index is 12.6. The number of nitrogens with zero attached hydrogens (tertiary/aromatic N) is 2. The maximum absolute atomic E-state index is 12.6. The van der Waals surface area contributed by atoms with Gasteiger partial charge in [0, 0.05) is 70.6 Å². The zero-order valence-corrected chi connectivity index (χ0v) is 30.6. The third-order valence-electron chi connectivity index (χ3n) is 10.3. The van der Waals surface area contributed by atoms with Crippen LogP contribution in [0.1, 0.15) is 85.2 Å². The van der Waals surface area contributed by atoms with E-state index in [0.29, 0.717) is 19.4 Å². The predicted octanol–water partition coefficient (Wildman–Crippen LogP) is 7.25. The van der Waals surface area contributed by atoms with Crippen LogP contribution in [0.3, 0.4) is 0 Å². The number of carboxylic acids is 1. The molecule has 2 aliphatic rings. The lowest BCUT2D eigenvalue weighted by Crippen LogP contribution is -2.49. The third kappa shape index (κ3) is 11.6. The van der Waals surface area contributed by atoms with Crippen LogP contribution in [0.5, 0.6) is 0 Å². The molecule has 0 spiro atoms. The molecule has 1 amide bonds. The summed E-state index contributed by atoms with van der Waals surface area (Å²) < 4.78 is 13.4. The standard InChI is InChI=1S/C44H53N3O6/c48-32-34-16-18-36(19-17-34)41-28-39(31-47-26-24-46(25-27-47)30-33-10-4-3-5-11-33)52-44(53-41)37-22-20-35(21-23-37)40-13-9-8-12-38(40)29-45-42(49)14-6-1-2-7-15-43(50)51/h3-5,8-13,16-23,39,41,44,48H,1-2,6-7,14-15,24-32H2,(H,45,49)(H,50,51)/t39-,41+,44+/m1/s1. The van der Waals surface area contributed by atoms with Crippen LogP contribution in [0.15, 0.2) is 103 Å². The smallest absolute Gasteiger partial charge is 0.303 e. The number of aliphatic hydroxyl groups excluding tert-OH is 1. The van der Waals surface area contributed by atoms with Crippen LogP contribution in [0.2, 0.25) is 0 Å². The SMILES string of the molecule is O=C(O)CCCCCCC(=O)NCc1ccccc1-c1ccc([C@H]2O[C@@H](CN3CCN(Cc4ccccc4)CC3)C[C@@H](c3ccc(CO)cc3)O2)cc1. The average molecular weight is 720 g/mol. The van der Waals surface area contributed by atoms with Gasteiger partial charge < -0.3 is 25.0 Å². The molecule has 0 saturated carbocycles. The summed E-state index contributed by atoms with van der Waals surface area (Å²) in [7, 11) is 0. The van der Waals surface area contributed by atoms with Gasteiger partial charge in [-0.2, -0.15) is 0 Å². The van der Waals surface area contributed by atoms with Gasteiger partial charge >= 0.3 is 5.97 Å². The lowest BCUT2D eigenvalue weighted by atomic mass is 9.97. The van der Waals surface area contributed by atoms with Gasteiger partial charge in [0.1, 0.15) is 0 Å². The molecule has 2 aliphatic heterocycles. The Morgan fingerprint density at radius 1 is 0.698 bits per heavy atom. The molecule has 9 heteroatoms. The summed E-state index contributed by atoms with van der Waals surface area (Å²) in [6, 6.07) is 35.2. The van der Waals surface area contributed by atoms with E-state index in [1.54, 1.807) is 0 Å². The van der Waals surface area contributed by atoms with Gasteiger partial charge in [-0.05, 0) is 46.2 Å². The van der Waals surface area contributed by atoms with Crippen LogP contribution < -0.4 is 5.32 Å². The molecule has 2 saturated heterocycles. The van der Waals surface area contributed by atoms with Gasteiger partial charge in [0.2, 0.25) is 5.91 Å². The van der Waals surface area contributed by atoms with Crippen LogP contribution in [0, 0.1) is 0 Å². The van der Waals surface area contributed by atoms with Crippen LogP contribution in [0.4, 0.5) is 0 Å². The highest BCUT2D eigenvalue weighted by Gasteiger charge is 2.34. The van der Waals surface area contributed by atoms with Gasteiger partial charge in [-0.25, -0.2) is 0 Å². The monoisotopic (exact) mass is 719 g/mol. The summed E-state index contributed by atoms with van der Waals surface area (Å²) in [5, 5.41) is 21.5. The Kier molecular flexibility index (Phi) is 14.2. The molecule has 0 radical (unpaired) electrons. The van der Waals surface area contributed by atoms with Crippen molar-refractivity contribution >= 4 is 11.9 Å². The number of carboxylic acid groups (broad SMARTS) is 1. The molecular formula is C44H53N3O6. The van der Waals surface area contributed by atoms with E-state index in [1.165, 1.54) is 5.56 Å². The van der Waals surface area contributed by atoms with Gasteiger partial charge in [-0.15, -0.1) is 0 Å². The molecule has 0 unspecified atom stereocenters. The Hall–Kier alpha value is -4.38. The first-order chi connectivity index (χ1) is 25.9. The minimum atomic E-state index is -0.772. The molecule has 3 atom stereocenters. The number of unbranched alkanes of at least 4 members (excludes halogenated alkanes) is 3. The van der Waals surface area contributed by atoms with Crippen molar-refractivity contribution in [1.29, 1.82) is 0 Å². The number of hydrogen-bond acceptors (Lipinski definition) is 7. The van der Waals surface area contributed by atoms with Crippen molar-refractivity contribution in [2.45, 2.75) is 83.1 Å². The lowest BCUT2D eigenvalue weighted by Gasteiger charge is -2.40. The Labute approximate surface area is 313 Å². The molecule has 6 rings (SSSR count). The molecule has 4 aromatic rings. The zero-order valence-electron chi connectivity index (χ0n) is 30.6. The number of nitrogens with one attached hydrogen (secondary N) is 1. The average Bonchev–Trinajstić information content (AvgIpc) is 3.19. The molecule has 9 nitrogen and oxygen atoms in total. The first-order valence-electron chi connectivity index (χ1n) is 19.1. The Morgan fingerprint density at radius 2 is 1.36 bits per heavy atom. The van der Waals surface area contributed by atoms with Crippen molar-refractivity contribution in [3.8, 4) is 11.1 Å². The van der Waals surface area contributed by atoms with Crippen molar-refractivity contribution in [2.24, 2.45) is 0 Å². The zero-order chi connectivity index (χ0) is 36.8. The molecule has 2 heterocycles. The second kappa shape index (κ2) is 19.6. The van der Waals surface area contributed by atoms with Gasteiger partial charge in [0.15, 0.2) is 6.29 Å². The number of aliphatic carboxylic acids is 1. The van der Waals surface area contributed by atoms with Crippen molar-refractivity contribution in [2.75, 3.05) is 32.7 Å². The molecule has 2 fully saturated rings. The molecule has 280 valence electrons. The first kappa shape index (κ1) is 38.3. The van der Waals surface area contributed by atoms with E-state index in [9.17, 15) is 14.7 Å². The molecule has 0 bridgehead atoms. The quantitative estimate of drug-likeness (QED) is 0.0980. The molecule has 0 aromatic heterocycles. The highest BCUT2D eigenvalue weighted by Crippen LogP contribution is 2.39. The van der Waals surface area contributed by atoms with Gasteiger partial charge in [0.25, 0.3) is 0 Å². The Balaban J connectivity index is 1.07. The topological polar surface area (TPSA) is 112 Å². The fraction of sp³-hybridized carbons (Fsp3) is 0.409. The van der Waals surface area contributed by atoms with E-state index in [0.717, 1.165) is 98.3 Å². The summed E-state index contributed by atoms with van der Waals surface area (Å²) in [6.07, 6.45) is 3.76. The number of hydrogen-bond donors (Lipinski definition) is 3. The van der Waals surface area contributed by atoms with E-state index in [1.807, 2.05) is 30.3 Å². The minimum Gasteiger partial charge on any atom is -0.481 e. The first-order valence-corrected chi connectivity index (χ1v) is 19.1. The largest absolute Gasteiger partial charge is 0.481 e. The Bertz CT molecular complexity index is 1720. The molecule has 53 heavy (non-hydrogen) atoms. The maximum Gasteiger partial charge on any atom is 0.303 e. The molecule has 3 N–H and O–H groups in total. The summed E-state index contributed by atoms with van der Waals surface area (Å²) in [5.41, 5.74) is 7.41. The van der Waals surface area contributed by atoms with Crippen LogP contribution in [0.25, 0.3) is 11.1 Å². The lowest BCUT2D eigenvalue weighted by molar-refractivity contribution is -0.253. The number of ether oxygens (including phenoxy) is 2. The molecule has 4 aromatic carbocycles. The number of carbonyl (C=O) groups is 2. The van der Waals surface area contributed by atoms with Crippen molar-refractivity contribution < 1.29 is 29.3 Å². The van der Waals surface area contributed by atoms with Gasteiger partial charge in [0.05, 0.1) is 18.8 Å². The fourth-order valence-electron chi connectivity index (χ4n) is 7.27. The highest BCUT2D eigenvalue weighted by molar-refractivity contribution is 5.76. The normalized spacial score (nSPS) is 19.5.